The Morgan fingerprint density at radius 3 is 2.75 bits per heavy atom. The maximum absolute atomic E-state index is 11.9. The van der Waals surface area contributed by atoms with Gasteiger partial charge in [-0.3, -0.25) is 0 Å². The van der Waals surface area contributed by atoms with Crippen molar-refractivity contribution in [3.63, 3.8) is 0 Å². The predicted octanol–water partition coefficient (Wildman–Crippen LogP) is 2.23. The standard InChI is InChI=1S/C15H19N3O2/c16-9-12-2-1-3-14(8-12)18-15(20)17-13-6-4-11(10-19)5-7-13/h1-3,8,11,13,19H,4-7,10H2,(H2,17,18,20). The van der Waals surface area contributed by atoms with Gasteiger partial charge in [0.2, 0.25) is 0 Å². The molecule has 1 saturated carbocycles. The van der Waals surface area contributed by atoms with Crippen molar-refractivity contribution in [1.29, 1.82) is 5.26 Å². The predicted molar refractivity (Wildman–Crippen MR) is 76.1 cm³/mol. The van der Waals surface area contributed by atoms with Crippen LogP contribution in [0.25, 0.3) is 0 Å². The highest BCUT2D eigenvalue weighted by Gasteiger charge is 2.21. The second-order valence-corrected chi connectivity index (χ2v) is 5.19. The van der Waals surface area contributed by atoms with E-state index in [1.165, 1.54) is 0 Å². The lowest BCUT2D eigenvalue weighted by Crippen LogP contribution is -2.40. The van der Waals surface area contributed by atoms with Gasteiger partial charge in [-0.15, -0.1) is 0 Å². The van der Waals surface area contributed by atoms with Crippen LogP contribution in [0.2, 0.25) is 0 Å². The topological polar surface area (TPSA) is 85.2 Å². The molecule has 1 aromatic rings. The Morgan fingerprint density at radius 2 is 2.10 bits per heavy atom. The fraction of sp³-hybridized carbons (Fsp3) is 0.467. The minimum atomic E-state index is -0.243. The first-order chi connectivity index (χ1) is 9.71. The van der Waals surface area contributed by atoms with E-state index in [2.05, 4.69) is 10.6 Å². The molecule has 1 aliphatic carbocycles. The molecule has 5 nitrogen and oxygen atoms in total. The van der Waals surface area contributed by atoms with Crippen LogP contribution in [0, 0.1) is 17.2 Å². The average Bonchev–Trinajstić information content (AvgIpc) is 2.48. The molecule has 0 saturated heterocycles. The number of nitrogens with zero attached hydrogens (tertiary/aromatic N) is 1. The Hall–Kier alpha value is -2.06. The van der Waals surface area contributed by atoms with Gasteiger partial charge in [-0.1, -0.05) is 6.07 Å². The van der Waals surface area contributed by atoms with Crippen LogP contribution in [0.15, 0.2) is 24.3 Å². The van der Waals surface area contributed by atoms with Crippen molar-refractivity contribution in [3.05, 3.63) is 29.8 Å². The highest BCUT2D eigenvalue weighted by molar-refractivity contribution is 5.89. The third-order valence-corrected chi connectivity index (χ3v) is 3.69. The fourth-order valence-electron chi connectivity index (χ4n) is 2.51. The van der Waals surface area contributed by atoms with Crippen molar-refractivity contribution in [2.24, 2.45) is 5.92 Å². The Labute approximate surface area is 118 Å². The molecule has 0 aromatic heterocycles. The van der Waals surface area contributed by atoms with Crippen molar-refractivity contribution in [2.45, 2.75) is 31.7 Å². The first kappa shape index (κ1) is 14.4. The molecule has 0 atom stereocenters. The summed E-state index contributed by atoms with van der Waals surface area (Å²) in [6.07, 6.45) is 3.70. The molecule has 1 aliphatic rings. The first-order valence-electron chi connectivity index (χ1n) is 6.90. The van der Waals surface area contributed by atoms with E-state index in [-0.39, 0.29) is 18.7 Å². The number of nitrogens with one attached hydrogen (secondary N) is 2. The van der Waals surface area contributed by atoms with E-state index < -0.39 is 0 Å². The van der Waals surface area contributed by atoms with E-state index in [0.29, 0.717) is 17.2 Å². The summed E-state index contributed by atoms with van der Waals surface area (Å²) in [4.78, 5) is 11.9. The fourth-order valence-corrected chi connectivity index (χ4v) is 2.51. The molecule has 20 heavy (non-hydrogen) atoms. The summed E-state index contributed by atoms with van der Waals surface area (Å²) in [5.41, 5.74) is 1.14. The smallest absolute Gasteiger partial charge is 0.319 e. The monoisotopic (exact) mass is 273 g/mol. The molecule has 0 bridgehead atoms. The van der Waals surface area contributed by atoms with Gasteiger partial charge in [0.05, 0.1) is 11.6 Å². The van der Waals surface area contributed by atoms with Gasteiger partial charge >= 0.3 is 6.03 Å². The van der Waals surface area contributed by atoms with Gasteiger partial charge in [0.15, 0.2) is 0 Å². The first-order valence-corrected chi connectivity index (χ1v) is 6.90. The van der Waals surface area contributed by atoms with Gasteiger partial charge in [0, 0.05) is 18.3 Å². The van der Waals surface area contributed by atoms with Crippen LogP contribution in [-0.2, 0) is 0 Å². The average molecular weight is 273 g/mol. The number of amides is 2. The lowest BCUT2D eigenvalue weighted by Gasteiger charge is -2.27. The summed E-state index contributed by atoms with van der Waals surface area (Å²) >= 11 is 0. The van der Waals surface area contributed by atoms with Crippen LogP contribution in [0.4, 0.5) is 10.5 Å². The third-order valence-electron chi connectivity index (χ3n) is 3.69. The zero-order chi connectivity index (χ0) is 14.4. The minimum Gasteiger partial charge on any atom is -0.396 e. The van der Waals surface area contributed by atoms with E-state index >= 15 is 0 Å². The molecule has 0 unspecified atom stereocenters. The summed E-state index contributed by atoms with van der Waals surface area (Å²) in [6.45, 7) is 0.236. The minimum absolute atomic E-state index is 0.164. The number of hydrogen-bond acceptors (Lipinski definition) is 3. The number of aliphatic hydroxyl groups is 1. The number of aliphatic hydroxyl groups excluding tert-OH is 1. The molecule has 3 N–H and O–H groups in total. The van der Waals surface area contributed by atoms with Crippen molar-refractivity contribution in [3.8, 4) is 6.07 Å². The quantitative estimate of drug-likeness (QED) is 0.789. The third kappa shape index (κ3) is 3.97. The number of anilines is 1. The summed E-state index contributed by atoms with van der Waals surface area (Å²) in [5, 5.41) is 23.6. The molecule has 0 radical (unpaired) electrons. The number of rotatable bonds is 3. The Balaban J connectivity index is 1.82. The molecule has 2 rings (SSSR count). The highest BCUT2D eigenvalue weighted by atomic mass is 16.3. The lowest BCUT2D eigenvalue weighted by atomic mass is 9.87. The zero-order valence-electron chi connectivity index (χ0n) is 11.3. The van der Waals surface area contributed by atoms with Crippen molar-refractivity contribution < 1.29 is 9.90 Å². The van der Waals surface area contributed by atoms with Crippen molar-refractivity contribution in [2.75, 3.05) is 11.9 Å². The number of benzene rings is 1. The molecule has 0 heterocycles. The normalized spacial score (nSPS) is 21.8. The van der Waals surface area contributed by atoms with Crippen molar-refractivity contribution in [1.82, 2.24) is 5.32 Å². The van der Waals surface area contributed by atoms with Crippen LogP contribution in [0.1, 0.15) is 31.2 Å². The largest absolute Gasteiger partial charge is 0.396 e. The van der Waals surface area contributed by atoms with Crippen LogP contribution < -0.4 is 10.6 Å². The number of urea groups is 1. The van der Waals surface area contributed by atoms with Crippen LogP contribution in [0.3, 0.4) is 0 Å². The molecule has 2 amide bonds. The molecule has 1 aromatic carbocycles. The molecular formula is C15H19N3O2. The van der Waals surface area contributed by atoms with Gasteiger partial charge < -0.3 is 15.7 Å². The van der Waals surface area contributed by atoms with E-state index in [1.54, 1.807) is 24.3 Å². The molecule has 1 fully saturated rings. The van der Waals surface area contributed by atoms with Gasteiger partial charge in [0.1, 0.15) is 0 Å². The van der Waals surface area contributed by atoms with E-state index in [9.17, 15) is 4.79 Å². The van der Waals surface area contributed by atoms with Crippen molar-refractivity contribution >= 4 is 11.7 Å². The second kappa shape index (κ2) is 6.92. The summed E-state index contributed by atoms with van der Waals surface area (Å²) in [5.74, 6) is 0.378. The lowest BCUT2D eigenvalue weighted by molar-refractivity contribution is 0.176. The Morgan fingerprint density at radius 1 is 1.35 bits per heavy atom. The van der Waals surface area contributed by atoms with Gasteiger partial charge in [-0.25, -0.2) is 4.79 Å². The molecule has 106 valence electrons. The second-order valence-electron chi connectivity index (χ2n) is 5.19. The van der Waals surface area contributed by atoms with Gasteiger partial charge in [0.25, 0.3) is 0 Å². The van der Waals surface area contributed by atoms with Crippen LogP contribution >= 0.6 is 0 Å². The molecule has 0 spiro atoms. The summed E-state index contributed by atoms with van der Waals surface area (Å²) in [6, 6.07) is 8.78. The number of nitriles is 1. The van der Waals surface area contributed by atoms with Gasteiger partial charge in [-0.05, 0) is 49.8 Å². The Kier molecular flexibility index (Phi) is 4.97. The summed E-state index contributed by atoms with van der Waals surface area (Å²) in [7, 11) is 0. The van der Waals surface area contributed by atoms with E-state index in [4.69, 9.17) is 10.4 Å². The molecule has 5 heteroatoms. The van der Waals surface area contributed by atoms with Gasteiger partial charge in [-0.2, -0.15) is 5.26 Å². The van der Waals surface area contributed by atoms with Crippen LogP contribution in [-0.4, -0.2) is 23.8 Å². The number of carbonyl (C=O) groups is 1. The van der Waals surface area contributed by atoms with E-state index in [0.717, 1.165) is 25.7 Å². The maximum Gasteiger partial charge on any atom is 0.319 e. The molecule has 0 aliphatic heterocycles. The molecular weight excluding hydrogens is 254 g/mol. The maximum atomic E-state index is 11.9. The zero-order valence-corrected chi connectivity index (χ0v) is 11.3. The SMILES string of the molecule is N#Cc1cccc(NC(=O)NC2CCC(CO)CC2)c1. The Bertz CT molecular complexity index is 502. The van der Waals surface area contributed by atoms with E-state index in [1.807, 2.05) is 6.07 Å². The summed E-state index contributed by atoms with van der Waals surface area (Å²) < 4.78 is 0. The highest BCUT2D eigenvalue weighted by Crippen LogP contribution is 2.23. The number of carbonyl (C=O) groups excluding carboxylic acids is 1. The van der Waals surface area contributed by atoms with Crippen LogP contribution in [0.5, 0.6) is 0 Å². The number of hydrogen-bond donors (Lipinski definition) is 3.